The molecule has 0 aromatic carbocycles. The summed E-state index contributed by atoms with van der Waals surface area (Å²) in [6.45, 7) is 8.46. The van der Waals surface area contributed by atoms with E-state index in [0.717, 1.165) is 49.3 Å². The van der Waals surface area contributed by atoms with Gasteiger partial charge in [-0.3, -0.25) is 9.78 Å². The number of aromatic nitrogens is 4. The zero-order valence-electron chi connectivity index (χ0n) is 15.3. The Morgan fingerprint density at radius 1 is 1.44 bits per heavy atom. The van der Waals surface area contributed by atoms with Crippen LogP contribution in [-0.2, 0) is 6.54 Å². The van der Waals surface area contributed by atoms with E-state index in [1.165, 1.54) is 0 Å². The Hall–Kier alpha value is -2.31. The number of nitrogens with one attached hydrogen (secondary N) is 2. The molecule has 7 heteroatoms. The average molecular weight is 344 g/mol. The van der Waals surface area contributed by atoms with Crippen LogP contribution in [0.15, 0.2) is 18.5 Å². The molecule has 2 N–H and O–H groups in total. The van der Waals surface area contributed by atoms with Crippen molar-refractivity contribution in [2.45, 2.75) is 52.6 Å². The van der Waals surface area contributed by atoms with Crippen LogP contribution in [0.3, 0.4) is 0 Å². The van der Waals surface area contributed by atoms with Crippen molar-refractivity contribution in [3.05, 3.63) is 35.4 Å². The van der Waals surface area contributed by atoms with Crippen molar-refractivity contribution in [2.24, 2.45) is 5.92 Å². The molecule has 2 amide bonds. The highest BCUT2D eigenvalue weighted by Crippen LogP contribution is 2.30. The van der Waals surface area contributed by atoms with Gasteiger partial charge in [0.25, 0.3) is 0 Å². The summed E-state index contributed by atoms with van der Waals surface area (Å²) in [6.07, 6.45) is 6.91. The topological polar surface area (TPSA) is 78.8 Å². The maximum Gasteiger partial charge on any atom is 0.317 e. The predicted octanol–water partition coefficient (Wildman–Crippen LogP) is 2.80. The maximum absolute atomic E-state index is 12.7. The number of amides is 2. The molecule has 2 aromatic heterocycles. The monoisotopic (exact) mass is 344 g/mol. The Bertz CT molecular complexity index is 692. The smallest absolute Gasteiger partial charge is 0.317 e. The van der Waals surface area contributed by atoms with E-state index in [2.05, 4.69) is 40.5 Å². The number of H-pyrrole nitrogens is 1. The molecule has 3 heterocycles. The van der Waals surface area contributed by atoms with E-state index >= 15 is 0 Å². The number of aryl methyl sites for hydroxylation is 2. The quantitative estimate of drug-likeness (QED) is 0.875. The first-order valence-electron chi connectivity index (χ1n) is 9.09. The van der Waals surface area contributed by atoms with E-state index in [4.69, 9.17) is 0 Å². The zero-order chi connectivity index (χ0) is 17.8. The van der Waals surface area contributed by atoms with Crippen LogP contribution < -0.4 is 5.32 Å². The molecule has 2 atom stereocenters. The van der Waals surface area contributed by atoms with E-state index in [-0.39, 0.29) is 12.1 Å². The normalized spacial score (nSPS) is 19.0. The molecule has 7 nitrogen and oxygen atoms in total. The summed E-state index contributed by atoms with van der Waals surface area (Å²) in [5.74, 6) is 0.319. The van der Waals surface area contributed by atoms with Crippen molar-refractivity contribution in [1.82, 2.24) is 30.2 Å². The molecule has 136 valence electrons. The largest absolute Gasteiger partial charge is 0.338 e. The van der Waals surface area contributed by atoms with Crippen LogP contribution in [0.4, 0.5) is 4.79 Å². The highest BCUT2D eigenvalue weighted by molar-refractivity contribution is 5.74. The summed E-state index contributed by atoms with van der Waals surface area (Å²) in [7, 11) is 0. The number of carbonyl (C=O) groups is 1. The van der Waals surface area contributed by atoms with Crippen LogP contribution in [0.1, 0.15) is 49.2 Å². The minimum Gasteiger partial charge on any atom is -0.338 e. The van der Waals surface area contributed by atoms with Gasteiger partial charge in [0.2, 0.25) is 0 Å². The fourth-order valence-electron chi connectivity index (χ4n) is 3.55. The van der Waals surface area contributed by atoms with Crippen LogP contribution in [0, 0.1) is 19.8 Å². The van der Waals surface area contributed by atoms with Crippen molar-refractivity contribution >= 4 is 6.03 Å². The van der Waals surface area contributed by atoms with Gasteiger partial charge in [-0.2, -0.15) is 10.2 Å². The van der Waals surface area contributed by atoms with Crippen LogP contribution >= 0.6 is 0 Å². The molecule has 1 aliphatic rings. The average Bonchev–Trinajstić information content (AvgIpc) is 3.23. The lowest BCUT2D eigenvalue weighted by Gasteiger charge is -2.35. The lowest BCUT2D eigenvalue weighted by atomic mass is 9.98. The fourth-order valence-corrected chi connectivity index (χ4v) is 3.55. The summed E-state index contributed by atoms with van der Waals surface area (Å²) in [4.78, 5) is 14.6. The molecule has 1 aliphatic heterocycles. The number of carbonyl (C=O) groups excluding carboxylic acids is 1. The molecule has 1 fully saturated rings. The van der Waals surface area contributed by atoms with Gasteiger partial charge in [-0.15, -0.1) is 0 Å². The van der Waals surface area contributed by atoms with Crippen LogP contribution in [0.25, 0.3) is 0 Å². The number of aromatic amines is 1. The second-order valence-corrected chi connectivity index (χ2v) is 7.14. The van der Waals surface area contributed by atoms with Crippen molar-refractivity contribution < 1.29 is 4.79 Å². The number of urea groups is 1. The molecule has 2 aromatic rings. The molecule has 0 spiro atoms. The zero-order valence-corrected chi connectivity index (χ0v) is 15.3. The summed E-state index contributed by atoms with van der Waals surface area (Å²) in [5, 5.41) is 14.5. The van der Waals surface area contributed by atoms with Gasteiger partial charge in [-0.05, 0) is 45.1 Å². The lowest BCUT2D eigenvalue weighted by molar-refractivity contribution is 0.150. The minimum atomic E-state index is 0.0196. The number of likely N-dealkylation sites (tertiary alicyclic amines) is 1. The van der Waals surface area contributed by atoms with Crippen molar-refractivity contribution in [3.63, 3.8) is 0 Å². The second kappa shape index (κ2) is 7.72. The van der Waals surface area contributed by atoms with E-state index in [0.29, 0.717) is 12.5 Å². The first-order chi connectivity index (χ1) is 12.0. The highest BCUT2D eigenvalue weighted by Gasteiger charge is 2.28. The lowest BCUT2D eigenvalue weighted by Crippen LogP contribution is -2.45. The van der Waals surface area contributed by atoms with Gasteiger partial charge >= 0.3 is 6.03 Å². The molecule has 0 aliphatic carbocycles. The van der Waals surface area contributed by atoms with E-state index in [9.17, 15) is 4.79 Å². The standard InChI is InChI=1S/C18H28N6O/c1-13(12-24-15(3)8-14(2)22-24)9-19-18(25)23-7-5-4-6-17(23)16-10-20-21-11-16/h8,10-11,13,17H,4-7,9,12H2,1-3H3,(H,19,25)(H,20,21)/t13-,17-/m1/s1. The fraction of sp³-hybridized carbons (Fsp3) is 0.611. The number of rotatable bonds is 5. The van der Waals surface area contributed by atoms with E-state index in [1.54, 1.807) is 0 Å². The minimum absolute atomic E-state index is 0.0196. The predicted molar refractivity (Wildman–Crippen MR) is 96.1 cm³/mol. The van der Waals surface area contributed by atoms with Crippen molar-refractivity contribution in [1.29, 1.82) is 0 Å². The SMILES string of the molecule is Cc1cc(C)n(C[C@H](C)CNC(=O)N2CCCC[C@@H]2c2cn[nH]c2)n1. The van der Waals surface area contributed by atoms with Crippen LogP contribution in [0.2, 0.25) is 0 Å². The van der Waals surface area contributed by atoms with Gasteiger partial charge in [-0.1, -0.05) is 6.92 Å². The van der Waals surface area contributed by atoms with Crippen molar-refractivity contribution in [2.75, 3.05) is 13.1 Å². The third kappa shape index (κ3) is 4.21. The summed E-state index contributed by atoms with van der Waals surface area (Å²) >= 11 is 0. The molecule has 3 rings (SSSR count). The van der Waals surface area contributed by atoms with E-state index < -0.39 is 0 Å². The molecule has 0 unspecified atom stereocenters. The molecular weight excluding hydrogens is 316 g/mol. The summed E-state index contributed by atoms with van der Waals surface area (Å²) in [6, 6.07) is 2.22. The molecule has 25 heavy (non-hydrogen) atoms. The Morgan fingerprint density at radius 2 is 2.28 bits per heavy atom. The third-order valence-corrected chi connectivity index (χ3v) is 4.86. The number of piperidine rings is 1. The van der Waals surface area contributed by atoms with Crippen molar-refractivity contribution in [3.8, 4) is 0 Å². The number of hydrogen-bond acceptors (Lipinski definition) is 3. The van der Waals surface area contributed by atoms with Gasteiger partial charge in [0.15, 0.2) is 0 Å². The van der Waals surface area contributed by atoms with Gasteiger partial charge in [0, 0.05) is 37.1 Å². The number of hydrogen-bond donors (Lipinski definition) is 2. The maximum atomic E-state index is 12.7. The first kappa shape index (κ1) is 17.5. The van der Waals surface area contributed by atoms with Crippen LogP contribution in [0.5, 0.6) is 0 Å². The summed E-state index contributed by atoms with van der Waals surface area (Å²) < 4.78 is 2.02. The molecule has 1 saturated heterocycles. The van der Waals surface area contributed by atoms with Gasteiger partial charge < -0.3 is 10.2 Å². The highest BCUT2D eigenvalue weighted by atomic mass is 16.2. The molecule has 0 saturated carbocycles. The molecule has 0 bridgehead atoms. The van der Waals surface area contributed by atoms with Gasteiger partial charge in [0.1, 0.15) is 0 Å². The summed E-state index contributed by atoms with van der Waals surface area (Å²) in [5.41, 5.74) is 3.28. The Morgan fingerprint density at radius 3 is 2.96 bits per heavy atom. The Balaban J connectivity index is 1.54. The Kier molecular flexibility index (Phi) is 5.40. The first-order valence-corrected chi connectivity index (χ1v) is 9.09. The van der Waals surface area contributed by atoms with E-state index in [1.807, 2.05) is 28.9 Å². The molecule has 0 radical (unpaired) electrons. The van der Waals surface area contributed by atoms with Gasteiger partial charge in [0.05, 0.1) is 17.9 Å². The third-order valence-electron chi connectivity index (χ3n) is 4.86. The van der Waals surface area contributed by atoms with Crippen LogP contribution in [-0.4, -0.2) is 44.0 Å². The Labute approximate surface area is 148 Å². The van der Waals surface area contributed by atoms with Gasteiger partial charge in [-0.25, -0.2) is 4.79 Å². The number of nitrogens with zero attached hydrogens (tertiary/aromatic N) is 4. The second-order valence-electron chi connectivity index (χ2n) is 7.14. The molecular formula is C18H28N6O.